The average Bonchev–Trinajstić information content (AvgIpc) is 2.35. The van der Waals surface area contributed by atoms with Crippen molar-refractivity contribution >= 4 is 17.5 Å². The molecule has 1 saturated heterocycles. The first-order chi connectivity index (χ1) is 9.47. The van der Waals surface area contributed by atoms with Gasteiger partial charge in [-0.2, -0.15) is 0 Å². The third-order valence-corrected chi connectivity index (χ3v) is 3.50. The molecule has 1 aliphatic heterocycles. The number of hydrogen-bond donors (Lipinski definition) is 2. The summed E-state index contributed by atoms with van der Waals surface area (Å²) < 4.78 is 0. The number of aryl methyl sites for hydroxylation is 1. The maximum Gasteiger partial charge on any atom is 0.253 e. The second-order valence-corrected chi connectivity index (χ2v) is 5.51. The molecule has 1 aliphatic rings. The minimum Gasteiger partial charge on any atom is -0.345 e. The maximum atomic E-state index is 11.9. The van der Waals surface area contributed by atoms with E-state index < -0.39 is 0 Å². The minimum absolute atomic E-state index is 0.00838. The number of anilines is 1. The standard InChI is InChI=1S/C15H21N3O2/c1-10-4-5-12(15(20)18(2)3)7-13(10)17-14(19)6-11-8-16-9-11/h4-5,7,11,16H,6,8-9H2,1-3H3,(H,17,19). The van der Waals surface area contributed by atoms with Gasteiger partial charge in [0.2, 0.25) is 5.91 Å². The van der Waals surface area contributed by atoms with E-state index in [1.807, 2.05) is 13.0 Å². The van der Waals surface area contributed by atoms with Crippen molar-refractivity contribution in [2.24, 2.45) is 5.92 Å². The summed E-state index contributed by atoms with van der Waals surface area (Å²) in [7, 11) is 3.42. The van der Waals surface area contributed by atoms with Crippen molar-refractivity contribution in [3.63, 3.8) is 0 Å². The van der Waals surface area contributed by atoms with Crippen LogP contribution in [0.1, 0.15) is 22.3 Å². The fourth-order valence-corrected chi connectivity index (χ4v) is 2.10. The zero-order valence-corrected chi connectivity index (χ0v) is 12.2. The molecule has 1 aromatic rings. The fraction of sp³-hybridized carbons (Fsp3) is 0.467. The monoisotopic (exact) mass is 275 g/mol. The lowest BCUT2D eigenvalue weighted by Gasteiger charge is -2.26. The summed E-state index contributed by atoms with van der Waals surface area (Å²) in [6.07, 6.45) is 0.526. The minimum atomic E-state index is -0.0660. The van der Waals surface area contributed by atoms with E-state index in [-0.39, 0.29) is 11.8 Å². The lowest BCUT2D eigenvalue weighted by Crippen LogP contribution is -2.43. The predicted octanol–water partition coefficient (Wildman–Crippen LogP) is 1.24. The van der Waals surface area contributed by atoms with E-state index in [0.717, 1.165) is 24.3 Å². The van der Waals surface area contributed by atoms with Gasteiger partial charge in [-0.05, 0) is 43.6 Å². The Labute approximate surface area is 119 Å². The summed E-state index contributed by atoms with van der Waals surface area (Å²) in [5.74, 6) is 0.375. The number of carbonyl (C=O) groups excluding carboxylic acids is 2. The van der Waals surface area contributed by atoms with Crippen LogP contribution in [0.3, 0.4) is 0 Å². The molecular weight excluding hydrogens is 254 g/mol. The van der Waals surface area contributed by atoms with Gasteiger partial charge < -0.3 is 15.5 Å². The normalized spacial score (nSPS) is 14.6. The van der Waals surface area contributed by atoms with Crippen LogP contribution >= 0.6 is 0 Å². The van der Waals surface area contributed by atoms with Gasteiger partial charge in [-0.1, -0.05) is 6.07 Å². The van der Waals surface area contributed by atoms with Crippen molar-refractivity contribution in [2.45, 2.75) is 13.3 Å². The Morgan fingerprint density at radius 3 is 2.60 bits per heavy atom. The summed E-state index contributed by atoms with van der Waals surface area (Å²) >= 11 is 0. The molecule has 0 saturated carbocycles. The van der Waals surface area contributed by atoms with Gasteiger partial charge in [-0.15, -0.1) is 0 Å². The van der Waals surface area contributed by atoms with Gasteiger partial charge in [0.15, 0.2) is 0 Å². The van der Waals surface area contributed by atoms with E-state index in [9.17, 15) is 9.59 Å². The van der Waals surface area contributed by atoms with Crippen LogP contribution in [0.4, 0.5) is 5.69 Å². The number of nitrogens with zero attached hydrogens (tertiary/aromatic N) is 1. The Morgan fingerprint density at radius 1 is 1.35 bits per heavy atom. The molecule has 0 bridgehead atoms. The summed E-state index contributed by atoms with van der Waals surface area (Å²) in [5.41, 5.74) is 2.26. The molecule has 0 spiro atoms. The van der Waals surface area contributed by atoms with Crippen LogP contribution in [0.2, 0.25) is 0 Å². The smallest absolute Gasteiger partial charge is 0.253 e. The molecule has 20 heavy (non-hydrogen) atoms. The van der Waals surface area contributed by atoms with Crippen molar-refractivity contribution < 1.29 is 9.59 Å². The van der Waals surface area contributed by atoms with Gasteiger partial charge in [0, 0.05) is 31.8 Å². The van der Waals surface area contributed by atoms with Gasteiger partial charge in [0.25, 0.3) is 5.91 Å². The Kier molecular flexibility index (Phi) is 4.39. The summed E-state index contributed by atoms with van der Waals surface area (Å²) in [4.78, 5) is 25.4. The molecule has 5 nitrogen and oxygen atoms in total. The van der Waals surface area contributed by atoms with E-state index >= 15 is 0 Å². The number of hydrogen-bond acceptors (Lipinski definition) is 3. The molecule has 2 N–H and O–H groups in total. The third-order valence-electron chi connectivity index (χ3n) is 3.50. The highest BCUT2D eigenvalue weighted by atomic mass is 16.2. The van der Waals surface area contributed by atoms with E-state index in [1.165, 1.54) is 4.90 Å². The molecule has 0 radical (unpaired) electrons. The van der Waals surface area contributed by atoms with Crippen molar-refractivity contribution in [1.82, 2.24) is 10.2 Å². The lowest BCUT2D eigenvalue weighted by molar-refractivity contribution is -0.117. The molecule has 5 heteroatoms. The number of nitrogens with one attached hydrogen (secondary N) is 2. The highest BCUT2D eigenvalue weighted by molar-refractivity contribution is 5.97. The van der Waals surface area contributed by atoms with E-state index in [4.69, 9.17) is 0 Å². The first-order valence-electron chi connectivity index (χ1n) is 6.80. The number of rotatable bonds is 4. The maximum absolute atomic E-state index is 11.9. The van der Waals surface area contributed by atoms with Gasteiger partial charge in [-0.3, -0.25) is 9.59 Å². The Balaban J connectivity index is 2.07. The Bertz CT molecular complexity index is 522. The average molecular weight is 275 g/mol. The van der Waals surface area contributed by atoms with Crippen molar-refractivity contribution in [3.8, 4) is 0 Å². The summed E-state index contributed by atoms with van der Waals surface area (Å²) in [5, 5.41) is 6.05. The highest BCUT2D eigenvalue weighted by Crippen LogP contribution is 2.19. The number of benzene rings is 1. The Morgan fingerprint density at radius 2 is 2.05 bits per heavy atom. The molecule has 0 atom stereocenters. The third kappa shape index (κ3) is 3.36. The summed E-state index contributed by atoms with van der Waals surface area (Å²) in [6.45, 7) is 3.74. The van der Waals surface area contributed by atoms with E-state index in [2.05, 4.69) is 10.6 Å². The molecular formula is C15H21N3O2. The van der Waals surface area contributed by atoms with Gasteiger partial charge in [0.05, 0.1) is 0 Å². The molecule has 2 amide bonds. The van der Waals surface area contributed by atoms with Crippen LogP contribution in [0, 0.1) is 12.8 Å². The molecule has 2 rings (SSSR count). The van der Waals surface area contributed by atoms with Gasteiger partial charge >= 0.3 is 0 Å². The summed E-state index contributed by atoms with van der Waals surface area (Å²) in [6, 6.07) is 5.38. The second kappa shape index (κ2) is 6.05. The quantitative estimate of drug-likeness (QED) is 0.869. The van der Waals surface area contributed by atoms with Gasteiger partial charge in [0.1, 0.15) is 0 Å². The highest BCUT2D eigenvalue weighted by Gasteiger charge is 2.20. The van der Waals surface area contributed by atoms with Crippen molar-refractivity contribution in [3.05, 3.63) is 29.3 Å². The van der Waals surface area contributed by atoms with Crippen LogP contribution in [0.25, 0.3) is 0 Å². The SMILES string of the molecule is Cc1ccc(C(=O)N(C)C)cc1NC(=O)CC1CNC1. The molecule has 1 heterocycles. The lowest BCUT2D eigenvalue weighted by atomic mass is 9.99. The first kappa shape index (κ1) is 14.5. The van der Waals surface area contributed by atoms with Crippen LogP contribution < -0.4 is 10.6 Å². The molecule has 1 fully saturated rings. The molecule has 0 aliphatic carbocycles. The zero-order chi connectivity index (χ0) is 14.7. The van der Waals surface area contributed by atoms with E-state index in [0.29, 0.717) is 17.9 Å². The first-order valence-corrected chi connectivity index (χ1v) is 6.80. The fourth-order valence-electron chi connectivity index (χ4n) is 2.10. The van der Waals surface area contributed by atoms with Crippen LogP contribution in [0.5, 0.6) is 0 Å². The van der Waals surface area contributed by atoms with Crippen LogP contribution in [-0.2, 0) is 4.79 Å². The second-order valence-electron chi connectivity index (χ2n) is 5.51. The molecule has 0 unspecified atom stereocenters. The van der Waals surface area contributed by atoms with Crippen LogP contribution in [-0.4, -0.2) is 43.9 Å². The molecule has 1 aromatic carbocycles. The molecule has 0 aromatic heterocycles. The van der Waals surface area contributed by atoms with Crippen molar-refractivity contribution in [1.29, 1.82) is 0 Å². The number of amides is 2. The molecule has 108 valence electrons. The van der Waals surface area contributed by atoms with Crippen LogP contribution in [0.15, 0.2) is 18.2 Å². The largest absolute Gasteiger partial charge is 0.345 e. The number of carbonyl (C=O) groups is 2. The van der Waals surface area contributed by atoms with Gasteiger partial charge in [-0.25, -0.2) is 0 Å². The van der Waals surface area contributed by atoms with E-state index in [1.54, 1.807) is 26.2 Å². The topological polar surface area (TPSA) is 61.4 Å². The Hall–Kier alpha value is -1.88. The predicted molar refractivity (Wildman–Crippen MR) is 78.8 cm³/mol. The van der Waals surface area contributed by atoms with Crippen molar-refractivity contribution in [2.75, 3.05) is 32.5 Å². The zero-order valence-electron chi connectivity index (χ0n) is 12.2.